The number of rotatable bonds is 7. The Balaban J connectivity index is 1.86. The monoisotopic (exact) mass is 280 g/mol. The standard InChI is InChI=1S/C14H24N4O2/c1-19-9-7-15-10-12-4-3-8-18(11-12)14-16-6-5-13(17-14)20-2/h5-6,12,15H,3-4,7-11H2,1-2H3. The third-order valence-electron chi connectivity index (χ3n) is 3.54. The van der Waals surface area contributed by atoms with E-state index in [-0.39, 0.29) is 0 Å². The second kappa shape index (κ2) is 8.01. The summed E-state index contributed by atoms with van der Waals surface area (Å²) in [4.78, 5) is 11.0. The van der Waals surface area contributed by atoms with E-state index in [1.54, 1.807) is 26.5 Å². The van der Waals surface area contributed by atoms with Crippen LogP contribution in [0.4, 0.5) is 5.95 Å². The SMILES string of the molecule is COCCNCC1CCCN(c2nccc(OC)n2)C1. The smallest absolute Gasteiger partial charge is 0.228 e. The van der Waals surface area contributed by atoms with Crippen LogP contribution in [0.15, 0.2) is 12.3 Å². The zero-order valence-corrected chi connectivity index (χ0v) is 12.3. The Kier molecular flexibility index (Phi) is 6.01. The number of nitrogens with zero attached hydrogens (tertiary/aromatic N) is 3. The Morgan fingerprint density at radius 2 is 2.35 bits per heavy atom. The van der Waals surface area contributed by atoms with E-state index in [1.165, 1.54) is 12.8 Å². The number of ether oxygens (including phenoxy) is 2. The van der Waals surface area contributed by atoms with Gasteiger partial charge < -0.3 is 19.7 Å². The topological polar surface area (TPSA) is 59.5 Å². The van der Waals surface area contributed by atoms with Crippen molar-refractivity contribution in [3.63, 3.8) is 0 Å². The number of aromatic nitrogens is 2. The van der Waals surface area contributed by atoms with E-state index in [9.17, 15) is 0 Å². The third-order valence-corrected chi connectivity index (χ3v) is 3.54. The summed E-state index contributed by atoms with van der Waals surface area (Å²) in [5.41, 5.74) is 0. The highest BCUT2D eigenvalue weighted by atomic mass is 16.5. The van der Waals surface area contributed by atoms with Crippen LogP contribution < -0.4 is 15.0 Å². The Labute approximate surface area is 120 Å². The molecule has 0 aliphatic carbocycles. The lowest BCUT2D eigenvalue weighted by atomic mass is 9.98. The molecule has 1 aliphatic heterocycles. The lowest BCUT2D eigenvalue weighted by Crippen LogP contribution is -2.41. The maximum Gasteiger partial charge on any atom is 0.228 e. The molecule has 20 heavy (non-hydrogen) atoms. The molecule has 112 valence electrons. The number of hydrogen-bond donors (Lipinski definition) is 1. The molecule has 6 heteroatoms. The van der Waals surface area contributed by atoms with Gasteiger partial charge in [-0.25, -0.2) is 4.98 Å². The predicted octanol–water partition coefficient (Wildman–Crippen LogP) is 0.938. The van der Waals surface area contributed by atoms with Crippen molar-refractivity contribution >= 4 is 5.95 Å². The van der Waals surface area contributed by atoms with Gasteiger partial charge in [0.15, 0.2) is 0 Å². The van der Waals surface area contributed by atoms with Crippen LogP contribution >= 0.6 is 0 Å². The van der Waals surface area contributed by atoms with E-state index in [4.69, 9.17) is 9.47 Å². The summed E-state index contributed by atoms with van der Waals surface area (Å²) in [6.45, 7) is 4.69. The van der Waals surface area contributed by atoms with Gasteiger partial charge in [-0.3, -0.25) is 0 Å². The third kappa shape index (κ3) is 4.31. The fourth-order valence-electron chi connectivity index (χ4n) is 2.49. The Morgan fingerprint density at radius 3 is 3.15 bits per heavy atom. The molecule has 1 aromatic rings. The molecule has 1 aliphatic rings. The van der Waals surface area contributed by atoms with Gasteiger partial charge in [-0.05, 0) is 25.3 Å². The van der Waals surface area contributed by atoms with Crippen molar-refractivity contribution in [2.24, 2.45) is 5.92 Å². The van der Waals surface area contributed by atoms with Crippen LogP contribution in [0.5, 0.6) is 5.88 Å². The Bertz CT molecular complexity index is 403. The molecule has 6 nitrogen and oxygen atoms in total. The van der Waals surface area contributed by atoms with Crippen molar-refractivity contribution in [3.8, 4) is 5.88 Å². The second-order valence-corrected chi connectivity index (χ2v) is 5.05. The quantitative estimate of drug-likeness (QED) is 0.750. The minimum atomic E-state index is 0.621. The normalized spacial score (nSPS) is 19.1. The largest absolute Gasteiger partial charge is 0.481 e. The molecule has 0 aromatic carbocycles. The second-order valence-electron chi connectivity index (χ2n) is 5.05. The fraction of sp³-hybridized carbons (Fsp3) is 0.714. The molecule has 0 spiro atoms. The molecule has 0 radical (unpaired) electrons. The summed E-state index contributed by atoms with van der Waals surface area (Å²) < 4.78 is 10.2. The average Bonchev–Trinajstić information content (AvgIpc) is 2.52. The summed E-state index contributed by atoms with van der Waals surface area (Å²) in [7, 11) is 3.36. The lowest BCUT2D eigenvalue weighted by Gasteiger charge is -2.32. The molecule has 0 bridgehead atoms. The van der Waals surface area contributed by atoms with E-state index in [2.05, 4.69) is 20.2 Å². The zero-order valence-electron chi connectivity index (χ0n) is 12.3. The van der Waals surface area contributed by atoms with Crippen molar-refractivity contribution in [1.82, 2.24) is 15.3 Å². The summed E-state index contributed by atoms with van der Waals surface area (Å²) in [5, 5.41) is 3.43. The Morgan fingerprint density at radius 1 is 1.45 bits per heavy atom. The predicted molar refractivity (Wildman–Crippen MR) is 78.3 cm³/mol. The van der Waals surface area contributed by atoms with Crippen molar-refractivity contribution in [1.29, 1.82) is 0 Å². The van der Waals surface area contributed by atoms with E-state index in [0.717, 1.165) is 38.7 Å². The van der Waals surface area contributed by atoms with Crippen molar-refractivity contribution in [2.45, 2.75) is 12.8 Å². The number of piperidine rings is 1. The van der Waals surface area contributed by atoms with Crippen molar-refractivity contribution in [3.05, 3.63) is 12.3 Å². The van der Waals surface area contributed by atoms with Gasteiger partial charge >= 0.3 is 0 Å². The average molecular weight is 280 g/mol. The molecule has 1 saturated heterocycles. The molecule has 1 aromatic heterocycles. The maximum atomic E-state index is 5.16. The van der Waals surface area contributed by atoms with Crippen LogP contribution in [-0.4, -0.2) is 57.0 Å². The lowest BCUT2D eigenvalue weighted by molar-refractivity contribution is 0.197. The highest BCUT2D eigenvalue weighted by Crippen LogP contribution is 2.21. The van der Waals surface area contributed by atoms with Crippen LogP contribution in [-0.2, 0) is 4.74 Å². The number of hydrogen-bond acceptors (Lipinski definition) is 6. The van der Waals surface area contributed by atoms with Gasteiger partial charge in [0, 0.05) is 39.0 Å². The first-order valence-electron chi connectivity index (χ1n) is 7.15. The van der Waals surface area contributed by atoms with Gasteiger partial charge in [-0.1, -0.05) is 0 Å². The molecule has 2 rings (SSSR count). The molecule has 0 saturated carbocycles. The van der Waals surface area contributed by atoms with Gasteiger partial charge in [-0.15, -0.1) is 0 Å². The van der Waals surface area contributed by atoms with Gasteiger partial charge in [-0.2, -0.15) is 4.98 Å². The maximum absolute atomic E-state index is 5.16. The van der Waals surface area contributed by atoms with E-state index in [1.807, 2.05) is 0 Å². The Hall–Kier alpha value is -1.40. The number of methoxy groups -OCH3 is 2. The van der Waals surface area contributed by atoms with Crippen molar-refractivity contribution in [2.75, 3.05) is 51.9 Å². The van der Waals surface area contributed by atoms with Crippen LogP contribution in [0, 0.1) is 5.92 Å². The molecule has 1 N–H and O–H groups in total. The van der Waals surface area contributed by atoms with Crippen LogP contribution in [0.25, 0.3) is 0 Å². The van der Waals surface area contributed by atoms with E-state index < -0.39 is 0 Å². The first kappa shape index (κ1) is 15.0. The van der Waals surface area contributed by atoms with Gasteiger partial charge in [0.25, 0.3) is 0 Å². The highest BCUT2D eigenvalue weighted by molar-refractivity contribution is 5.32. The van der Waals surface area contributed by atoms with Gasteiger partial charge in [0.05, 0.1) is 13.7 Å². The van der Waals surface area contributed by atoms with Crippen LogP contribution in [0.2, 0.25) is 0 Å². The van der Waals surface area contributed by atoms with E-state index >= 15 is 0 Å². The molecule has 0 amide bonds. The summed E-state index contributed by atoms with van der Waals surface area (Å²) in [5.74, 6) is 2.02. The summed E-state index contributed by atoms with van der Waals surface area (Å²) in [6, 6.07) is 1.78. The van der Waals surface area contributed by atoms with Gasteiger partial charge in [0.2, 0.25) is 11.8 Å². The molecule has 1 atom stereocenters. The highest BCUT2D eigenvalue weighted by Gasteiger charge is 2.21. The first-order valence-corrected chi connectivity index (χ1v) is 7.15. The van der Waals surface area contributed by atoms with Gasteiger partial charge in [0.1, 0.15) is 0 Å². The minimum Gasteiger partial charge on any atom is -0.481 e. The minimum absolute atomic E-state index is 0.621. The first-order chi connectivity index (χ1) is 9.83. The van der Waals surface area contributed by atoms with Crippen LogP contribution in [0.3, 0.4) is 0 Å². The molecule has 1 unspecified atom stereocenters. The molecular weight excluding hydrogens is 256 g/mol. The molecular formula is C14H24N4O2. The number of anilines is 1. The van der Waals surface area contributed by atoms with Crippen LogP contribution in [0.1, 0.15) is 12.8 Å². The fourth-order valence-corrected chi connectivity index (χ4v) is 2.49. The number of nitrogens with one attached hydrogen (secondary N) is 1. The summed E-state index contributed by atoms with van der Waals surface area (Å²) >= 11 is 0. The summed E-state index contributed by atoms with van der Waals surface area (Å²) in [6.07, 6.45) is 4.18. The molecule has 2 heterocycles. The van der Waals surface area contributed by atoms with E-state index in [0.29, 0.717) is 11.8 Å². The molecule has 1 fully saturated rings. The van der Waals surface area contributed by atoms with Crippen molar-refractivity contribution < 1.29 is 9.47 Å². The zero-order chi connectivity index (χ0) is 14.2.